The topological polar surface area (TPSA) is 153 Å². The van der Waals surface area contributed by atoms with Crippen LogP contribution in [0.4, 0.5) is 4.79 Å². The molecular formula is C37H40N6O7. The number of hydrogen-bond acceptors (Lipinski definition) is 7. The molecule has 3 atom stereocenters. The summed E-state index contributed by atoms with van der Waals surface area (Å²) in [5.41, 5.74) is 2.91. The molecule has 3 heterocycles. The number of benzene rings is 3. The Morgan fingerprint density at radius 3 is 2.52 bits per heavy atom. The number of carbonyl (C=O) groups excluding carboxylic acids is 5. The van der Waals surface area contributed by atoms with Gasteiger partial charge in [0.25, 0.3) is 5.91 Å². The van der Waals surface area contributed by atoms with Gasteiger partial charge in [-0.15, -0.1) is 0 Å². The molecule has 1 saturated heterocycles. The van der Waals surface area contributed by atoms with Crippen LogP contribution >= 0.6 is 0 Å². The van der Waals surface area contributed by atoms with E-state index < -0.39 is 24.1 Å². The summed E-state index contributed by atoms with van der Waals surface area (Å²) in [7, 11) is 2.99. The number of likely N-dealkylation sites (N-methyl/N-ethyl adjacent to an activating group) is 2. The molecule has 2 bridgehead atoms. The van der Waals surface area contributed by atoms with Crippen molar-refractivity contribution in [3.8, 4) is 5.75 Å². The molecule has 13 heteroatoms. The molecular weight excluding hydrogens is 640 g/mol. The summed E-state index contributed by atoms with van der Waals surface area (Å²) in [6.07, 6.45) is 1.59. The Bertz CT molecular complexity index is 1880. The van der Waals surface area contributed by atoms with Gasteiger partial charge in [-0.3, -0.25) is 19.2 Å². The molecule has 4 aromatic rings. The Hall–Kier alpha value is -5.85. The lowest BCUT2D eigenvalue weighted by Gasteiger charge is -2.30. The number of para-hydroxylation sites is 1. The predicted molar refractivity (Wildman–Crippen MR) is 184 cm³/mol. The summed E-state index contributed by atoms with van der Waals surface area (Å²) in [6.45, 7) is -0.154. The van der Waals surface area contributed by atoms with Crippen LogP contribution in [0.5, 0.6) is 5.75 Å². The number of aromatic amines is 1. The van der Waals surface area contributed by atoms with Gasteiger partial charge in [0.2, 0.25) is 17.7 Å². The second-order valence-corrected chi connectivity index (χ2v) is 12.7. The number of rotatable bonds is 6. The molecule has 50 heavy (non-hydrogen) atoms. The number of amides is 5. The first-order chi connectivity index (χ1) is 24.1. The highest BCUT2D eigenvalue weighted by Gasteiger charge is 2.38. The molecule has 6 rings (SSSR count). The van der Waals surface area contributed by atoms with Gasteiger partial charge < -0.3 is 39.8 Å². The Kier molecular flexibility index (Phi) is 10.3. The fourth-order valence-electron chi connectivity index (χ4n) is 6.43. The van der Waals surface area contributed by atoms with Crippen molar-refractivity contribution in [1.29, 1.82) is 0 Å². The van der Waals surface area contributed by atoms with Crippen molar-refractivity contribution in [3.63, 3.8) is 0 Å². The van der Waals surface area contributed by atoms with Crippen LogP contribution in [0.15, 0.2) is 85.1 Å². The molecule has 1 aromatic heterocycles. The molecule has 3 N–H and O–H groups in total. The summed E-state index contributed by atoms with van der Waals surface area (Å²) in [5, 5.41) is 6.64. The average molecular weight is 681 g/mol. The number of hydrogen-bond donors (Lipinski definition) is 3. The van der Waals surface area contributed by atoms with Gasteiger partial charge in [-0.2, -0.15) is 0 Å². The van der Waals surface area contributed by atoms with Crippen molar-refractivity contribution in [1.82, 2.24) is 30.3 Å². The van der Waals surface area contributed by atoms with E-state index in [9.17, 15) is 24.0 Å². The third-order valence-electron chi connectivity index (χ3n) is 9.00. The minimum Gasteiger partial charge on any atom is -0.491 e. The van der Waals surface area contributed by atoms with E-state index in [1.54, 1.807) is 41.3 Å². The SMILES string of the molecule is CN1C[C@@H](NC(=O)OCc2ccccc2)C(=O)N(C)CC(=O)N2C[C@@H](NC(=O)Cc3c[nH]c4ccccc34)C[C@H]2COc2cccc(c2)C1=O. The molecule has 0 unspecified atom stereocenters. The van der Waals surface area contributed by atoms with Gasteiger partial charge in [0, 0.05) is 49.3 Å². The maximum absolute atomic E-state index is 13.8. The molecule has 0 saturated carbocycles. The zero-order chi connectivity index (χ0) is 35.2. The average Bonchev–Trinajstić information content (AvgIpc) is 3.72. The fraction of sp³-hybridized carbons (Fsp3) is 0.324. The van der Waals surface area contributed by atoms with Crippen LogP contribution in [-0.4, -0.2) is 108 Å². The molecule has 3 aromatic carbocycles. The number of alkyl carbamates (subject to hydrolysis) is 1. The number of fused-ring (bicyclic) bond motifs is 4. The first-order valence-corrected chi connectivity index (χ1v) is 16.5. The fourth-order valence-corrected chi connectivity index (χ4v) is 6.43. The normalized spacial score (nSPS) is 20.1. The summed E-state index contributed by atoms with van der Waals surface area (Å²) in [6, 6.07) is 21.5. The van der Waals surface area contributed by atoms with E-state index in [1.807, 2.05) is 48.7 Å². The van der Waals surface area contributed by atoms with E-state index in [0.717, 1.165) is 22.0 Å². The zero-order valence-electron chi connectivity index (χ0n) is 28.0. The van der Waals surface area contributed by atoms with Crippen LogP contribution in [-0.2, 0) is 32.1 Å². The summed E-state index contributed by atoms with van der Waals surface area (Å²) in [4.78, 5) is 74.4. The first-order valence-electron chi connectivity index (χ1n) is 16.5. The Balaban J connectivity index is 1.18. The number of H-pyrrole nitrogens is 1. The largest absolute Gasteiger partial charge is 0.491 e. The van der Waals surface area contributed by atoms with E-state index in [-0.39, 0.29) is 63.0 Å². The summed E-state index contributed by atoms with van der Waals surface area (Å²) < 4.78 is 11.5. The highest BCUT2D eigenvalue weighted by Crippen LogP contribution is 2.23. The third kappa shape index (κ3) is 8.05. The predicted octanol–water partition coefficient (Wildman–Crippen LogP) is 2.71. The standard InChI is InChI=1S/C37H40N6O7/c1-41-20-32(40-37(48)50-22-24-9-4-3-5-10-24)36(47)42(2)21-34(45)43-19-27(17-28(43)23-49-29-12-8-11-25(15-29)35(41)46)39-33(44)16-26-18-38-31-14-7-6-13-30(26)31/h3-15,18,27-28,32,38H,16-17,19-23H2,1-2H3,(H,39,44)(H,40,48)/t27-,28-,32+/m0/s1. The first kappa shape index (κ1) is 34.0. The Labute approximate surface area is 289 Å². The van der Waals surface area contributed by atoms with Crippen LogP contribution in [0.2, 0.25) is 0 Å². The molecule has 2 aliphatic rings. The quantitative estimate of drug-likeness (QED) is 0.283. The van der Waals surface area contributed by atoms with Gasteiger partial charge in [-0.25, -0.2) is 4.79 Å². The van der Waals surface area contributed by atoms with Crippen LogP contribution in [0.1, 0.15) is 27.9 Å². The van der Waals surface area contributed by atoms with Gasteiger partial charge in [0.15, 0.2) is 0 Å². The minimum atomic E-state index is -1.21. The lowest BCUT2D eigenvalue weighted by atomic mass is 10.1. The van der Waals surface area contributed by atoms with Crippen molar-refractivity contribution in [2.75, 3.05) is 40.3 Å². The highest BCUT2D eigenvalue weighted by molar-refractivity contribution is 5.96. The lowest BCUT2D eigenvalue weighted by molar-refractivity contribution is -0.141. The smallest absolute Gasteiger partial charge is 0.408 e. The van der Waals surface area contributed by atoms with E-state index in [4.69, 9.17) is 9.47 Å². The maximum Gasteiger partial charge on any atom is 0.408 e. The summed E-state index contributed by atoms with van der Waals surface area (Å²) >= 11 is 0. The molecule has 0 radical (unpaired) electrons. The number of carbonyl (C=O) groups is 5. The van der Waals surface area contributed by atoms with Gasteiger partial charge in [0.1, 0.15) is 25.0 Å². The highest BCUT2D eigenvalue weighted by atomic mass is 16.5. The van der Waals surface area contributed by atoms with Gasteiger partial charge >= 0.3 is 6.09 Å². The maximum atomic E-state index is 13.8. The molecule has 5 amide bonds. The zero-order valence-corrected chi connectivity index (χ0v) is 28.0. The van der Waals surface area contributed by atoms with Gasteiger partial charge in [0.05, 0.1) is 25.6 Å². The number of aromatic nitrogens is 1. The van der Waals surface area contributed by atoms with Crippen molar-refractivity contribution in [2.45, 2.75) is 37.6 Å². The van der Waals surface area contributed by atoms with Gasteiger partial charge in [-0.05, 0) is 41.8 Å². The third-order valence-corrected chi connectivity index (χ3v) is 9.00. The molecule has 0 aliphatic carbocycles. The van der Waals surface area contributed by atoms with Crippen molar-refractivity contribution < 1.29 is 33.4 Å². The second kappa shape index (κ2) is 15.1. The number of nitrogens with zero attached hydrogens (tertiary/aromatic N) is 3. The van der Waals surface area contributed by atoms with E-state index in [0.29, 0.717) is 17.7 Å². The summed E-state index contributed by atoms with van der Waals surface area (Å²) in [5.74, 6) is -1.05. The minimum absolute atomic E-state index is 0.0146. The molecule has 260 valence electrons. The monoisotopic (exact) mass is 680 g/mol. The molecule has 0 spiro atoms. The molecule has 1 fully saturated rings. The van der Waals surface area contributed by atoms with Crippen LogP contribution in [0.3, 0.4) is 0 Å². The van der Waals surface area contributed by atoms with Crippen molar-refractivity contribution >= 4 is 40.6 Å². The van der Waals surface area contributed by atoms with Crippen molar-refractivity contribution in [3.05, 3.63) is 102 Å². The van der Waals surface area contributed by atoms with Crippen molar-refractivity contribution in [2.24, 2.45) is 0 Å². The Morgan fingerprint density at radius 2 is 1.70 bits per heavy atom. The van der Waals surface area contributed by atoms with Crippen LogP contribution in [0.25, 0.3) is 10.9 Å². The van der Waals surface area contributed by atoms with Crippen LogP contribution < -0.4 is 15.4 Å². The number of ether oxygens (including phenoxy) is 2. The Morgan fingerprint density at radius 1 is 0.920 bits per heavy atom. The van der Waals surface area contributed by atoms with E-state index in [2.05, 4.69) is 15.6 Å². The van der Waals surface area contributed by atoms with Crippen LogP contribution in [0, 0.1) is 0 Å². The molecule has 13 nitrogen and oxygen atoms in total. The lowest BCUT2D eigenvalue weighted by Crippen LogP contribution is -2.55. The van der Waals surface area contributed by atoms with Gasteiger partial charge in [-0.1, -0.05) is 54.6 Å². The van der Waals surface area contributed by atoms with E-state index >= 15 is 0 Å². The van der Waals surface area contributed by atoms with E-state index in [1.165, 1.54) is 23.9 Å². The number of nitrogens with one attached hydrogen (secondary N) is 3. The molecule has 2 aliphatic heterocycles. The second-order valence-electron chi connectivity index (χ2n) is 12.7.